The smallest absolute Gasteiger partial charge is 0.0257 e. The van der Waals surface area contributed by atoms with Crippen molar-refractivity contribution in [3.05, 3.63) is 35.9 Å². The summed E-state index contributed by atoms with van der Waals surface area (Å²) in [4.78, 5) is 4.54. The van der Waals surface area contributed by atoms with Gasteiger partial charge in [-0.2, -0.15) is 0 Å². The van der Waals surface area contributed by atoms with Crippen molar-refractivity contribution in [3.8, 4) is 0 Å². The highest BCUT2D eigenvalue weighted by atomic mass is 15.2. The highest BCUT2D eigenvalue weighted by molar-refractivity contribution is 5.16. The van der Waals surface area contributed by atoms with Crippen LogP contribution < -0.4 is 0 Å². The first kappa shape index (κ1) is 12.2. The van der Waals surface area contributed by atoms with Crippen LogP contribution in [-0.4, -0.2) is 50.6 Å². The Kier molecular flexibility index (Phi) is 4.79. The largest absolute Gasteiger partial charge is 0.308 e. The summed E-state index contributed by atoms with van der Waals surface area (Å²) >= 11 is 0. The molecule has 0 unspecified atom stereocenters. The molecule has 0 aromatic heterocycles. The third-order valence-electron chi connectivity index (χ3n) is 2.62. The summed E-state index contributed by atoms with van der Waals surface area (Å²) in [7, 11) is 8.55. The van der Waals surface area contributed by atoms with E-state index < -0.39 is 0 Å². The Morgan fingerprint density at radius 1 is 1.00 bits per heavy atom. The van der Waals surface area contributed by atoms with E-state index in [1.165, 1.54) is 5.56 Å². The summed E-state index contributed by atoms with van der Waals surface area (Å²) in [6, 6.07) is 11.3. The average molecular weight is 206 g/mol. The summed E-state index contributed by atoms with van der Waals surface area (Å²) < 4.78 is 0. The zero-order chi connectivity index (χ0) is 11.3. The molecule has 0 heterocycles. The van der Waals surface area contributed by atoms with Crippen molar-refractivity contribution in [2.75, 3.05) is 34.7 Å². The lowest BCUT2D eigenvalue weighted by Crippen LogP contribution is -2.38. The summed E-state index contributed by atoms with van der Waals surface area (Å²) in [5.41, 5.74) is 1.41. The van der Waals surface area contributed by atoms with E-state index in [1.54, 1.807) is 0 Å². The number of hydrogen-bond acceptors (Lipinski definition) is 2. The van der Waals surface area contributed by atoms with Crippen LogP contribution in [0.15, 0.2) is 30.3 Å². The van der Waals surface area contributed by atoms with Gasteiger partial charge in [0.25, 0.3) is 0 Å². The minimum Gasteiger partial charge on any atom is -0.308 e. The molecule has 0 aliphatic heterocycles. The molecule has 0 fully saturated rings. The maximum absolute atomic E-state index is 2.30. The van der Waals surface area contributed by atoms with E-state index in [2.05, 4.69) is 68.3 Å². The van der Waals surface area contributed by atoms with Crippen LogP contribution in [0, 0.1) is 0 Å². The maximum Gasteiger partial charge on any atom is 0.0257 e. The molecule has 0 aliphatic carbocycles. The third kappa shape index (κ3) is 4.45. The molecule has 1 atom stereocenters. The second kappa shape index (κ2) is 5.89. The Morgan fingerprint density at radius 2 is 1.60 bits per heavy atom. The Hall–Kier alpha value is -0.860. The van der Waals surface area contributed by atoms with Gasteiger partial charge in [0.05, 0.1) is 0 Å². The summed E-state index contributed by atoms with van der Waals surface area (Å²) in [5, 5.41) is 0. The summed E-state index contributed by atoms with van der Waals surface area (Å²) in [6.45, 7) is 1.10. The molecule has 0 N–H and O–H groups in total. The summed E-state index contributed by atoms with van der Waals surface area (Å²) in [5.74, 6) is 0. The van der Waals surface area contributed by atoms with E-state index in [9.17, 15) is 0 Å². The molecule has 0 amide bonds. The van der Waals surface area contributed by atoms with Gasteiger partial charge in [0.15, 0.2) is 0 Å². The van der Waals surface area contributed by atoms with E-state index in [4.69, 9.17) is 0 Å². The molecule has 0 saturated heterocycles. The van der Waals surface area contributed by atoms with Gasteiger partial charge in [0.2, 0.25) is 0 Å². The van der Waals surface area contributed by atoms with Gasteiger partial charge in [-0.1, -0.05) is 30.3 Å². The average Bonchev–Trinajstić information content (AvgIpc) is 2.17. The molecule has 0 saturated carbocycles. The van der Waals surface area contributed by atoms with Crippen LogP contribution in [0.5, 0.6) is 0 Å². The highest BCUT2D eigenvalue weighted by Crippen LogP contribution is 2.07. The lowest BCUT2D eigenvalue weighted by molar-refractivity contribution is 0.227. The van der Waals surface area contributed by atoms with Crippen LogP contribution in [0.1, 0.15) is 5.56 Å². The van der Waals surface area contributed by atoms with Crippen molar-refractivity contribution in [1.82, 2.24) is 9.80 Å². The normalized spacial score (nSPS) is 13.5. The molecule has 1 aromatic rings. The van der Waals surface area contributed by atoms with Crippen LogP contribution in [0.3, 0.4) is 0 Å². The van der Waals surface area contributed by atoms with Crippen LogP contribution >= 0.6 is 0 Å². The Morgan fingerprint density at radius 3 is 2.07 bits per heavy atom. The molecule has 2 heteroatoms. The molecule has 0 radical (unpaired) electrons. The third-order valence-corrected chi connectivity index (χ3v) is 2.62. The SMILES string of the molecule is CN(C)C[C@H](Cc1ccccc1)N(C)C. The number of nitrogens with zero attached hydrogens (tertiary/aromatic N) is 2. The fraction of sp³-hybridized carbons (Fsp3) is 0.538. The zero-order valence-electron chi connectivity index (χ0n) is 10.3. The number of likely N-dealkylation sites (N-methyl/N-ethyl adjacent to an activating group) is 2. The molecule has 2 nitrogen and oxygen atoms in total. The van der Waals surface area contributed by atoms with Crippen LogP contribution in [0.2, 0.25) is 0 Å². The molecule has 0 bridgehead atoms. The van der Waals surface area contributed by atoms with Gasteiger partial charge in [-0.25, -0.2) is 0 Å². The molecular formula is C13H22N2. The van der Waals surface area contributed by atoms with Crippen molar-refractivity contribution < 1.29 is 0 Å². The Labute approximate surface area is 93.5 Å². The zero-order valence-corrected chi connectivity index (χ0v) is 10.3. The molecular weight excluding hydrogens is 184 g/mol. The molecule has 1 aromatic carbocycles. The molecule has 15 heavy (non-hydrogen) atoms. The molecule has 0 aliphatic rings. The number of rotatable bonds is 5. The first-order valence-electron chi connectivity index (χ1n) is 5.44. The van der Waals surface area contributed by atoms with Gasteiger partial charge in [0, 0.05) is 12.6 Å². The minimum absolute atomic E-state index is 0.586. The van der Waals surface area contributed by atoms with Crippen LogP contribution in [0.25, 0.3) is 0 Å². The Balaban J connectivity index is 2.59. The Bertz CT molecular complexity index is 267. The van der Waals surface area contributed by atoms with Crippen molar-refractivity contribution in [2.45, 2.75) is 12.5 Å². The first-order chi connectivity index (χ1) is 7.09. The summed E-state index contributed by atoms with van der Waals surface area (Å²) in [6.07, 6.45) is 1.12. The van der Waals surface area contributed by atoms with Gasteiger partial charge in [-0.3, -0.25) is 0 Å². The number of hydrogen-bond donors (Lipinski definition) is 0. The highest BCUT2D eigenvalue weighted by Gasteiger charge is 2.12. The van der Waals surface area contributed by atoms with E-state index >= 15 is 0 Å². The van der Waals surface area contributed by atoms with Crippen LogP contribution in [-0.2, 0) is 6.42 Å². The van der Waals surface area contributed by atoms with Gasteiger partial charge in [0.1, 0.15) is 0 Å². The van der Waals surface area contributed by atoms with Crippen molar-refractivity contribution in [1.29, 1.82) is 0 Å². The van der Waals surface area contributed by atoms with Gasteiger partial charge < -0.3 is 9.80 Å². The minimum atomic E-state index is 0.586. The monoisotopic (exact) mass is 206 g/mol. The lowest BCUT2D eigenvalue weighted by atomic mass is 10.1. The fourth-order valence-electron chi connectivity index (χ4n) is 1.72. The maximum atomic E-state index is 2.30. The lowest BCUT2D eigenvalue weighted by Gasteiger charge is -2.27. The van der Waals surface area contributed by atoms with Crippen molar-refractivity contribution >= 4 is 0 Å². The molecule has 1 rings (SSSR count). The fourth-order valence-corrected chi connectivity index (χ4v) is 1.72. The van der Waals surface area contributed by atoms with E-state index in [0.717, 1.165) is 13.0 Å². The van der Waals surface area contributed by atoms with E-state index in [1.807, 2.05) is 0 Å². The second-order valence-corrected chi connectivity index (χ2v) is 4.57. The predicted octanol–water partition coefficient (Wildman–Crippen LogP) is 1.72. The molecule has 0 spiro atoms. The first-order valence-corrected chi connectivity index (χ1v) is 5.44. The second-order valence-electron chi connectivity index (χ2n) is 4.57. The van der Waals surface area contributed by atoms with Crippen molar-refractivity contribution in [2.24, 2.45) is 0 Å². The van der Waals surface area contributed by atoms with Gasteiger partial charge in [-0.15, -0.1) is 0 Å². The predicted molar refractivity (Wildman–Crippen MR) is 66.2 cm³/mol. The topological polar surface area (TPSA) is 6.48 Å². The van der Waals surface area contributed by atoms with Crippen molar-refractivity contribution in [3.63, 3.8) is 0 Å². The standard InChI is InChI=1S/C13H22N2/c1-14(2)11-13(15(3)4)10-12-8-6-5-7-9-12/h5-9,13H,10-11H2,1-4H3/t13-/m0/s1. The number of benzene rings is 1. The van der Waals surface area contributed by atoms with Gasteiger partial charge in [-0.05, 0) is 40.2 Å². The van der Waals surface area contributed by atoms with E-state index in [-0.39, 0.29) is 0 Å². The van der Waals surface area contributed by atoms with Gasteiger partial charge >= 0.3 is 0 Å². The quantitative estimate of drug-likeness (QED) is 0.724. The van der Waals surface area contributed by atoms with E-state index in [0.29, 0.717) is 6.04 Å². The van der Waals surface area contributed by atoms with Crippen LogP contribution in [0.4, 0.5) is 0 Å². The molecule has 84 valence electrons.